The van der Waals surface area contributed by atoms with Crippen molar-refractivity contribution in [2.24, 2.45) is 4.99 Å². The number of benzene rings is 1. The number of fused-ring (bicyclic) bond motifs is 1. The maximum absolute atomic E-state index is 4.63. The number of aromatic nitrogens is 1. The van der Waals surface area contributed by atoms with Crippen LogP contribution in [0.5, 0.6) is 0 Å². The zero-order chi connectivity index (χ0) is 12.4. The van der Waals surface area contributed by atoms with Crippen LogP contribution in [0.15, 0.2) is 41.5 Å². The first kappa shape index (κ1) is 11.5. The minimum atomic E-state index is 0.414. The van der Waals surface area contributed by atoms with Crippen LogP contribution in [0.3, 0.4) is 0 Å². The molecule has 0 saturated carbocycles. The summed E-state index contributed by atoms with van der Waals surface area (Å²) in [6, 6.07) is 10.6. The molecule has 3 nitrogen and oxygen atoms in total. The van der Waals surface area contributed by atoms with Crippen molar-refractivity contribution in [2.75, 3.05) is 11.1 Å². The molecule has 0 fully saturated rings. The molecule has 18 heavy (non-hydrogen) atoms. The van der Waals surface area contributed by atoms with Gasteiger partial charge in [0.2, 0.25) is 0 Å². The van der Waals surface area contributed by atoms with Crippen molar-refractivity contribution >= 4 is 33.5 Å². The Balaban J connectivity index is 1.95. The summed E-state index contributed by atoms with van der Waals surface area (Å²) in [6.45, 7) is 2.16. The van der Waals surface area contributed by atoms with Crippen LogP contribution in [0.2, 0.25) is 0 Å². The van der Waals surface area contributed by atoms with Gasteiger partial charge in [0.05, 0.1) is 17.2 Å². The first-order chi connectivity index (χ1) is 8.83. The molecule has 3 rings (SSSR count). The lowest BCUT2D eigenvalue weighted by atomic mass is 10.2. The Kier molecular flexibility index (Phi) is 3.19. The Morgan fingerprint density at radius 2 is 2.17 bits per heavy atom. The number of nitrogens with zero attached hydrogens (tertiary/aromatic N) is 2. The largest absolute Gasteiger partial charge is 0.333 e. The zero-order valence-corrected chi connectivity index (χ0v) is 11.1. The Bertz CT molecular complexity index is 589. The van der Waals surface area contributed by atoms with E-state index in [0.717, 1.165) is 33.9 Å². The number of hydrogen-bond acceptors (Lipinski definition) is 4. The van der Waals surface area contributed by atoms with Gasteiger partial charge >= 0.3 is 0 Å². The highest BCUT2D eigenvalue weighted by atomic mass is 32.2. The molecule has 0 amide bonds. The van der Waals surface area contributed by atoms with Crippen LogP contribution in [0.4, 0.5) is 5.69 Å². The first-order valence-electron chi connectivity index (χ1n) is 6.14. The Morgan fingerprint density at radius 3 is 3.06 bits per heavy atom. The number of nitrogens with one attached hydrogen (secondary N) is 1. The molecule has 1 N–H and O–H groups in total. The number of para-hydroxylation sites is 1. The normalized spacial score (nSPS) is 19.6. The van der Waals surface area contributed by atoms with E-state index in [4.69, 9.17) is 0 Å². The third kappa shape index (κ3) is 2.34. The van der Waals surface area contributed by atoms with Gasteiger partial charge in [0.15, 0.2) is 5.17 Å². The summed E-state index contributed by atoms with van der Waals surface area (Å²) >= 11 is 1.78. The number of anilines is 1. The van der Waals surface area contributed by atoms with E-state index in [1.54, 1.807) is 11.8 Å². The molecule has 1 aliphatic heterocycles. The molecule has 0 radical (unpaired) electrons. The molecule has 0 spiro atoms. The summed E-state index contributed by atoms with van der Waals surface area (Å²) in [5.41, 5.74) is 2.04. The third-order valence-corrected chi connectivity index (χ3v) is 3.91. The summed E-state index contributed by atoms with van der Waals surface area (Å²) in [5, 5.41) is 5.56. The van der Waals surface area contributed by atoms with Crippen LogP contribution in [-0.2, 0) is 0 Å². The lowest BCUT2D eigenvalue weighted by Gasteiger charge is -2.18. The average molecular weight is 257 g/mol. The molecule has 2 heterocycles. The van der Waals surface area contributed by atoms with E-state index in [9.17, 15) is 0 Å². The zero-order valence-electron chi connectivity index (χ0n) is 10.3. The average Bonchev–Trinajstić information content (AvgIpc) is 2.39. The lowest BCUT2D eigenvalue weighted by molar-refractivity contribution is 0.720. The van der Waals surface area contributed by atoms with E-state index in [0.29, 0.717) is 6.04 Å². The molecule has 1 atom stereocenters. The molecule has 1 aliphatic rings. The predicted molar refractivity (Wildman–Crippen MR) is 79.3 cm³/mol. The Hall–Kier alpha value is -1.55. The lowest BCUT2D eigenvalue weighted by Crippen LogP contribution is -2.18. The van der Waals surface area contributed by atoms with Gasteiger partial charge in [0, 0.05) is 17.3 Å². The Morgan fingerprint density at radius 1 is 1.28 bits per heavy atom. The number of thioether (sulfide) groups is 1. The fourth-order valence-electron chi connectivity index (χ4n) is 2.02. The van der Waals surface area contributed by atoms with Gasteiger partial charge < -0.3 is 5.32 Å². The van der Waals surface area contributed by atoms with Crippen LogP contribution in [-0.4, -0.2) is 21.9 Å². The van der Waals surface area contributed by atoms with Crippen molar-refractivity contribution in [2.45, 2.75) is 19.4 Å². The van der Waals surface area contributed by atoms with Crippen molar-refractivity contribution in [3.05, 3.63) is 36.5 Å². The van der Waals surface area contributed by atoms with Crippen LogP contribution in [0.1, 0.15) is 13.3 Å². The quantitative estimate of drug-likeness (QED) is 0.849. The molecule has 0 aliphatic carbocycles. The maximum atomic E-state index is 4.63. The fraction of sp³-hybridized carbons (Fsp3) is 0.286. The molecule has 1 aromatic heterocycles. The molecular formula is C14H15N3S. The van der Waals surface area contributed by atoms with Gasteiger partial charge in [0.1, 0.15) is 0 Å². The minimum absolute atomic E-state index is 0.414. The Labute approximate surface area is 111 Å². The van der Waals surface area contributed by atoms with Gasteiger partial charge in [-0.2, -0.15) is 0 Å². The summed E-state index contributed by atoms with van der Waals surface area (Å²) in [6.07, 6.45) is 2.98. The van der Waals surface area contributed by atoms with E-state index in [-0.39, 0.29) is 0 Å². The number of hydrogen-bond donors (Lipinski definition) is 1. The van der Waals surface area contributed by atoms with Crippen LogP contribution < -0.4 is 5.32 Å². The number of aliphatic imine (C=N–C) groups is 1. The monoisotopic (exact) mass is 257 g/mol. The van der Waals surface area contributed by atoms with Gasteiger partial charge in [-0.3, -0.25) is 9.98 Å². The molecule has 1 unspecified atom stereocenters. The second-order valence-electron chi connectivity index (χ2n) is 4.43. The van der Waals surface area contributed by atoms with Crippen molar-refractivity contribution in [3.63, 3.8) is 0 Å². The van der Waals surface area contributed by atoms with Gasteiger partial charge in [-0.05, 0) is 25.5 Å². The summed E-state index contributed by atoms with van der Waals surface area (Å²) in [7, 11) is 0. The van der Waals surface area contributed by atoms with Crippen molar-refractivity contribution < 1.29 is 0 Å². The summed E-state index contributed by atoms with van der Waals surface area (Å²) in [5.74, 6) is 1.13. The number of pyridine rings is 1. The predicted octanol–water partition coefficient (Wildman–Crippen LogP) is 3.53. The third-order valence-electron chi connectivity index (χ3n) is 2.99. The van der Waals surface area contributed by atoms with Gasteiger partial charge in [-0.25, -0.2) is 0 Å². The van der Waals surface area contributed by atoms with E-state index in [1.165, 1.54) is 0 Å². The van der Waals surface area contributed by atoms with E-state index >= 15 is 0 Å². The van der Waals surface area contributed by atoms with E-state index in [1.807, 2.05) is 18.3 Å². The molecule has 1 aromatic carbocycles. The van der Waals surface area contributed by atoms with Gasteiger partial charge in [-0.15, -0.1) is 0 Å². The smallest absolute Gasteiger partial charge is 0.161 e. The molecule has 0 saturated heterocycles. The second kappa shape index (κ2) is 4.98. The molecule has 2 aromatic rings. The topological polar surface area (TPSA) is 37.3 Å². The first-order valence-corrected chi connectivity index (χ1v) is 7.13. The highest BCUT2D eigenvalue weighted by Crippen LogP contribution is 2.24. The molecular weight excluding hydrogens is 242 g/mol. The van der Waals surface area contributed by atoms with Gasteiger partial charge in [0.25, 0.3) is 0 Å². The second-order valence-corrected chi connectivity index (χ2v) is 5.51. The standard InChI is InChI=1S/C14H15N3S/c1-10-7-9-18-14(16-10)17-12-6-2-4-11-5-3-8-15-13(11)12/h2-6,8,10H,7,9H2,1H3,(H,16,17). The summed E-state index contributed by atoms with van der Waals surface area (Å²) in [4.78, 5) is 9.06. The van der Waals surface area contributed by atoms with E-state index < -0.39 is 0 Å². The molecule has 0 bridgehead atoms. The number of amidine groups is 1. The van der Waals surface area contributed by atoms with E-state index in [2.05, 4.69) is 40.4 Å². The summed E-state index contributed by atoms with van der Waals surface area (Å²) < 4.78 is 0. The van der Waals surface area contributed by atoms with Crippen molar-refractivity contribution in [1.29, 1.82) is 0 Å². The van der Waals surface area contributed by atoms with Crippen LogP contribution >= 0.6 is 11.8 Å². The highest BCUT2D eigenvalue weighted by molar-refractivity contribution is 8.14. The minimum Gasteiger partial charge on any atom is -0.333 e. The SMILES string of the molecule is CC1CCSC(Nc2cccc3cccnc23)=N1. The molecule has 92 valence electrons. The fourth-order valence-corrected chi connectivity index (χ4v) is 3.11. The highest BCUT2D eigenvalue weighted by Gasteiger charge is 2.12. The van der Waals surface area contributed by atoms with Crippen LogP contribution in [0, 0.1) is 0 Å². The van der Waals surface area contributed by atoms with Crippen molar-refractivity contribution in [1.82, 2.24) is 4.98 Å². The maximum Gasteiger partial charge on any atom is 0.161 e. The number of rotatable bonds is 1. The van der Waals surface area contributed by atoms with Crippen LogP contribution in [0.25, 0.3) is 10.9 Å². The van der Waals surface area contributed by atoms with Gasteiger partial charge in [-0.1, -0.05) is 30.0 Å². The van der Waals surface area contributed by atoms with Crippen molar-refractivity contribution in [3.8, 4) is 0 Å². The molecule has 4 heteroatoms.